The Balaban J connectivity index is 3.92. The Morgan fingerprint density at radius 3 is 2.47 bits per heavy atom. The van der Waals surface area contributed by atoms with Crippen LogP contribution in [0.25, 0.3) is 0 Å². The second-order valence-corrected chi connectivity index (χ2v) is 4.57. The summed E-state index contributed by atoms with van der Waals surface area (Å²) in [6, 6.07) is -0.0917. The van der Waals surface area contributed by atoms with Gasteiger partial charge in [-0.15, -0.1) is 0 Å². The zero-order chi connectivity index (χ0) is 13.3. The van der Waals surface area contributed by atoms with Crippen molar-refractivity contribution in [3.63, 3.8) is 0 Å². The van der Waals surface area contributed by atoms with Gasteiger partial charge in [0.05, 0.1) is 0 Å². The maximum atomic E-state index is 11.8. The molecule has 0 bridgehead atoms. The lowest BCUT2D eigenvalue weighted by atomic mass is 10.2. The molecule has 0 saturated heterocycles. The van der Waals surface area contributed by atoms with E-state index in [9.17, 15) is 9.59 Å². The van der Waals surface area contributed by atoms with Crippen molar-refractivity contribution >= 4 is 12.0 Å². The maximum Gasteiger partial charge on any atom is 0.317 e. The van der Waals surface area contributed by atoms with Crippen LogP contribution in [0.2, 0.25) is 0 Å². The minimum Gasteiger partial charge on any atom is -0.481 e. The third kappa shape index (κ3) is 8.54. The highest BCUT2D eigenvalue weighted by Gasteiger charge is 2.13. The van der Waals surface area contributed by atoms with Crippen LogP contribution in [0.3, 0.4) is 0 Å². The fraction of sp³-hybridized carbons (Fsp3) is 0.833. The predicted octanol–water partition coefficient (Wildman–Crippen LogP) is 1.93. The van der Waals surface area contributed by atoms with Gasteiger partial charge in [0, 0.05) is 26.1 Å². The number of aliphatic carboxylic acids is 1. The first kappa shape index (κ1) is 15.7. The molecule has 0 aromatic carbocycles. The molecule has 5 nitrogen and oxygen atoms in total. The Morgan fingerprint density at radius 1 is 1.35 bits per heavy atom. The fourth-order valence-corrected chi connectivity index (χ4v) is 1.53. The van der Waals surface area contributed by atoms with E-state index in [4.69, 9.17) is 5.11 Å². The van der Waals surface area contributed by atoms with Crippen LogP contribution in [0.4, 0.5) is 4.79 Å². The Hall–Kier alpha value is -1.26. The van der Waals surface area contributed by atoms with Gasteiger partial charge in [0.1, 0.15) is 0 Å². The normalized spacial score (nSPS) is 10.4. The topological polar surface area (TPSA) is 69.6 Å². The molecule has 5 heteroatoms. The van der Waals surface area contributed by atoms with Gasteiger partial charge in [-0.2, -0.15) is 0 Å². The molecule has 0 radical (unpaired) electrons. The zero-order valence-corrected chi connectivity index (χ0v) is 11.0. The number of carboxylic acids is 1. The monoisotopic (exact) mass is 244 g/mol. The van der Waals surface area contributed by atoms with Crippen LogP contribution in [0.15, 0.2) is 0 Å². The van der Waals surface area contributed by atoms with E-state index in [1.165, 1.54) is 0 Å². The summed E-state index contributed by atoms with van der Waals surface area (Å²) in [7, 11) is 0. The van der Waals surface area contributed by atoms with Crippen molar-refractivity contribution in [3.8, 4) is 0 Å². The summed E-state index contributed by atoms with van der Waals surface area (Å²) >= 11 is 0. The van der Waals surface area contributed by atoms with Gasteiger partial charge in [0.25, 0.3) is 0 Å². The van der Waals surface area contributed by atoms with E-state index in [1.54, 1.807) is 4.90 Å². The SMILES string of the molecule is CCCN(CC(C)C)C(=O)NCCCC(=O)O. The molecule has 17 heavy (non-hydrogen) atoms. The molecule has 0 fully saturated rings. The number of amides is 2. The molecule has 2 amide bonds. The van der Waals surface area contributed by atoms with E-state index in [-0.39, 0.29) is 12.5 Å². The number of urea groups is 1. The van der Waals surface area contributed by atoms with E-state index < -0.39 is 5.97 Å². The molecule has 0 heterocycles. The standard InChI is InChI=1S/C12H24N2O3/c1-4-8-14(9-10(2)3)12(17)13-7-5-6-11(15)16/h10H,4-9H2,1-3H3,(H,13,17)(H,15,16). The minimum absolute atomic E-state index is 0.0917. The molecule has 0 aromatic rings. The van der Waals surface area contributed by atoms with Crippen LogP contribution < -0.4 is 5.32 Å². The molecular weight excluding hydrogens is 220 g/mol. The molecule has 0 spiro atoms. The van der Waals surface area contributed by atoms with Crippen molar-refractivity contribution in [2.45, 2.75) is 40.0 Å². The van der Waals surface area contributed by atoms with Gasteiger partial charge in [-0.3, -0.25) is 4.79 Å². The highest BCUT2D eigenvalue weighted by Crippen LogP contribution is 2.00. The van der Waals surface area contributed by atoms with E-state index in [0.29, 0.717) is 18.9 Å². The molecule has 0 rings (SSSR count). The van der Waals surface area contributed by atoms with Crippen molar-refractivity contribution in [1.82, 2.24) is 10.2 Å². The van der Waals surface area contributed by atoms with Crippen molar-refractivity contribution in [2.75, 3.05) is 19.6 Å². The second-order valence-electron chi connectivity index (χ2n) is 4.57. The predicted molar refractivity (Wildman–Crippen MR) is 67.0 cm³/mol. The van der Waals surface area contributed by atoms with Crippen molar-refractivity contribution in [2.24, 2.45) is 5.92 Å². The van der Waals surface area contributed by atoms with E-state index in [0.717, 1.165) is 19.5 Å². The second kappa shape index (κ2) is 8.84. The summed E-state index contributed by atoms with van der Waals surface area (Å²) in [4.78, 5) is 23.9. The molecule has 0 aliphatic rings. The quantitative estimate of drug-likeness (QED) is 0.641. The molecule has 100 valence electrons. The Morgan fingerprint density at radius 2 is 2.00 bits per heavy atom. The lowest BCUT2D eigenvalue weighted by molar-refractivity contribution is -0.137. The van der Waals surface area contributed by atoms with Crippen LogP contribution in [0.5, 0.6) is 0 Å². The fourth-order valence-electron chi connectivity index (χ4n) is 1.53. The average Bonchev–Trinajstić information content (AvgIpc) is 2.22. The number of carbonyl (C=O) groups excluding carboxylic acids is 1. The van der Waals surface area contributed by atoms with Gasteiger partial charge in [-0.1, -0.05) is 20.8 Å². The molecule has 0 aliphatic heterocycles. The van der Waals surface area contributed by atoms with Crippen LogP contribution in [-0.4, -0.2) is 41.6 Å². The summed E-state index contributed by atoms with van der Waals surface area (Å²) in [6.45, 7) is 8.07. The van der Waals surface area contributed by atoms with Gasteiger partial charge in [-0.25, -0.2) is 4.79 Å². The van der Waals surface area contributed by atoms with Crippen molar-refractivity contribution in [1.29, 1.82) is 0 Å². The van der Waals surface area contributed by atoms with Crippen molar-refractivity contribution < 1.29 is 14.7 Å². The van der Waals surface area contributed by atoms with Crippen LogP contribution >= 0.6 is 0 Å². The number of nitrogens with one attached hydrogen (secondary N) is 1. The van der Waals surface area contributed by atoms with Crippen molar-refractivity contribution in [3.05, 3.63) is 0 Å². The van der Waals surface area contributed by atoms with Crippen LogP contribution in [0, 0.1) is 5.92 Å². The summed E-state index contributed by atoms with van der Waals surface area (Å²) in [5.41, 5.74) is 0. The van der Waals surface area contributed by atoms with Gasteiger partial charge in [-0.05, 0) is 18.8 Å². The van der Waals surface area contributed by atoms with Crippen LogP contribution in [0.1, 0.15) is 40.0 Å². The number of nitrogens with zero attached hydrogens (tertiary/aromatic N) is 1. The summed E-state index contributed by atoms with van der Waals surface area (Å²) < 4.78 is 0. The smallest absolute Gasteiger partial charge is 0.317 e. The number of carboxylic acid groups (broad SMARTS) is 1. The van der Waals surface area contributed by atoms with Gasteiger partial charge in [0.15, 0.2) is 0 Å². The Kier molecular flexibility index (Phi) is 8.19. The molecular formula is C12H24N2O3. The molecule has 2 N–H and O–H groups in total. The van der Waals surface area contributed by atoms with E-state index in [2.05, 4.69) is 19.2 Å². The van der Waals surface area contributed by atoms with E-state index in [1.807, 2.05) is 6.92 Å². The first-order valence-corrected chi connectivity index (χ1v) is 6.22. The van der Waals surface area contributed by atoms with Gasteiger partial charge < -0.3 is 15.3 Å². The highest BCUT2D eigenvalue weighted by atomic mass is 16.4. The molecule has 0 saturated carbocycles. The number of rotatable bonds is 8. The number of carbonyl (C=O) groups is 2. The summed E-state index contributed by atoms with van der Waals surface area (Å²) in [6.07, 6.45) is 1.50. The van der Waals surface area contributed by atoms with Crippen LogP contribution in [-0.2, 0) is 4.79 Å². The summed E-state index contributed by atoms with van der Waals surface area (Å²) in [5.74, 6) is -0.391. The maximum absolute atomic E-state index is 11.8. The molecule has 0 unspecified atom stereocenters. The number of hydrogen-bond acceptors (Lipinski definition) is 2. The minimum atomic E-state index is -0.827. The van der Waals surface area contributed by atoms with Gasteiger partial charge in [0.2, 0.25) is 0 Å². The largest absolute Gasteiger partial charge is 0.481 e. The Bertz CT molecular complexity index is 242. The molecule has 0 atom stereocenters. The average molecular weight is 244 g/mol. The van der Waals surface area contributed by atoms with Gasteiger partial charge >= 0.3 is 12.0 Å². The lowest BCUT2D eigenvalue weighted by Gasteiger charge is -2.24. The lowest BCUT2D eigenvalue weighted by Crippen LogP contribution is -2.42. The van der Waals surface area contributed by atoms with E-state index >= 15 is 0 Å². The zero-order valence-electron chi connectivity index (χ0n) is 11.0. The highest BCUT2D eigenvalue weighted by molar-refractivity contribution is 5.74. The number of hydrogen-bond donors (Lipinski definition) is 2. The Labute approximate surface area is 103 Å². The third-order valence-corrected chi connectivity index (χ3v) is 2.21. The molecule has 0 aromatic heterocycles. The summed E-state index contributed by atoms with van der Waals surface area (Å²) in [5, 5.41) is 11.2. The molecule has 0 aliphatic carbocycles. The third-order valence-electron chi connectivity index (χ3n) is 2.21. The first-order chi connectivity index (χ1) is 7.97. The first-order valence-electron chi connectivity index (χ1n) is 6.22.